The first-order valence-electron chi connectivity index (χ1n) is 9.18. The molecule has 0 bridgehead atoms. The molecule has 1 amide bonds. The smallest absolute Gasteiger partial charge is 0.270 e. The number of benzene rings is 1. The number of methoxy groups -OCH3 is 2. The molecule has 0 saturated carbocycles. The lowest BCUT2D eigenvalue weighted by Gasteiger charge is -2.25. The van der Waals surface area contributed by atoms with Crippen molar-refractivity contribution in [2.24, 2.45) is 0 Å². The number of amides is 1. The number of aromatic amines is 1. The monoisotopic (exact) mass is 405 g/mol. The van der Waals surface area contributed by atoms with Crippen molar-refractivity contribution in [3.63, 3.8) is 0 Å². The molecule has 2 N–H and O–H groups in total. The van der Waals surface area contributed by atoms with Gasteiger partial charge in [0.1, 0.15) is 5.82 Å². The Hall–Kier alpha value is -2.39. The summed E-state index contributed by atoms with van der Waals surface area (Å²) in [6.07, 6.45) is 1.59. The number of ether oxygens (including phenoxy) is 3. The van der Waals surface area contributed by atoms with E-state index in [1.807, 2.05) is 22.9 Å². The second kappa shape index (κ2) is 7.92. The quantitative estimate of drug-likeness (QED) is 0.811. The number of hydrogen-bond acceptors (Lipinski definition) is 6. The SMILES string of the molecule is COc1ccc([C@@H]2SCC(=O)Nc3c2c(=O)[nH]n3C2CCOCC2)cc1OC. The molecule has 0 unspecified atom stereocenters. The standard InChI is InChI=1S/C19H23N3O5S/c1-25-13-4-3-11(9-14(13)26-2)17-16-18(20-15(23)10-28-17)22(21-19(16)24)12-5-7-27-8-6-12/h3-4,9,12,17H,5-8,10H2,1-2H3,(H,20,23)(H,21,24)/t17-/m0/s1. The van der Waals surface area contributed by atoms with Crippen molar-refractivity contribution in [3.05, 3.63) is 39.7 Å². The Morgan fingerprint density at radius 2 is 1.89 bits per heavy atom. The first-order chi connectivity index (χ1) is 13.6. The van der Waals surface area contributed by atoms with E-state index < -0.39 is 0 Å². The Bertz CT molecular complexity index is 932. The van der Waals surface area contributed by atoms with Crippen LogP contribution in [0.3, 0.4) is 0 Å². The molecule has 4 rings (SSSR count). The van der Waals surface area contributed by atoms with Crippen LogP contribution in [-0.4, -0.2) is 48.9 Å². The Labute approximate surface area is 166 Å². The molecule has 8 nitrogen and oxygen atoms in total. The predicted molar refractivity (Wildman–Crippen MR) is 107 cm³/mol. The average molecular weight is 405 g/mol. The lowest BCUT2D eigenvalue weighted by molar-refractivity contribution is -0.113. The van der Waals surface area contributed by atoms with E-state index >= 15 is 0 Å². The molecule has 9 heteroatoms. The van der Waals surface area contributed by atoms with Crippen LogP contribution in [0.4, 0.5) is 5.82 Å². The minimum atomic E-state index is -0.293. The van der Waals surface area contributed by atoms with Crippen molar-refractivity contribution in [2.45, 2.75) is 24.1 Å². The molecule has 1 fully saturated rings. The van der Waals surface area contributed by atoms with Gasteiger partial charge in [0.05, 0.1) is 36.8 Å². The number of thioether (sulfide) groups is 1. The van der Waals surface area contributed by atoms with Crippen molar-refractivity contribution in [3.8, 4) is 11.5 Å². The van der Waals surface area contributed by atoms with Crippen LogP contribution in [0.15, 0.2) is 23.0 Å². The molecule has 1 saturated heterocycles. The fraction of sp³-hybridized carbons (Fsp3) is 0.474. The van der Waals surface area contributed by atoms with Gasteiger partial charge in [-0.05, 0) is 30.5 Å². The van der Waals surface area contributed by atoms with Crippen LogP contribution in [0.2, 0.25) is 0 Å². The highest BCUT2D eigenvalue weighted by molar-refractivity contribution is 8.00. The van der Waals surface area contributed by atoms with Gasteiger partial charge in [0.25, 0.3) is 5.56 Å². The van der Waals surface area contributed by atoms with Gasteiger partial charge < -0.3 is 19.5 Å². The van der Waals surface area contributed by atoms with E-state index in [9.17, 15) is 9.59 Å². The summed E-state index contributed by atoms with van der Waals surface area (Å²) in [6.45, 7) is 1.28. The van der Waals surface area contributed by atoms with E-state index in [1.165, 1.54) is 11.8 Å². The molecule has 0 spiro atoms. The molecule has 150 valence electrons. The maximum absolute atomic E-state index is 12.9. The summed E-state index contributed by atoms with van der Waals surface area (Å²) in [5, 5.41) is 5.59. The summed E-state index contributed by atoms with van der Waals surface area (Å²) in [5.74, 6) is 1.92. The van der Waals surface area contributed by atoms with Crippen LogP contribution in [0, 0.1) is 0 Å². The topological polar surface area (TPSA) is 94.6 Å². The molecule has 0 aliphatic carbocycles. The zero-order chi connectivity index (χ0) is 19.7. The fourth-order valence-electron chi connectivity index (χ4n) is 3.74. The third kappa shape index (κ3) is 3.40. The lowest BCUT2D eigenvalue weighted by atomic mass is 10.0. The molecule has 0 radical (unpaired) electrons. The van der Waals surface area contributed by atoms with E-state index in [4.69, 9.17) is 14.2 Å². The summed E-state index contributed by atoms with van der Waals surface area (Å²) in [5.41, 5.74) is 1.26. The number of nitrogens with zero attached hydrogens (tertiary/aromatic N) is 1. The number of anilines is 1. The molecule has 1 aromatic heterocycles. The summed E-state index contributed by atoms with van der Waals surface area (Å²) >= 11 is 1.43. The first-order valence-corrected chi connectivity index (χ1v) is 10.2. The van der Waals surface area contributed by atoms with Crippen LogP contribution in [-0.2, 0) is 9.53 Å². The predicted octanol–water partition coefficient (Wildman–Crippen LogP) is 2.32. The molecular formula is C19H23N3O5S. The van der Waals surface area contributed by atoms with Crippen molar-refractivity contribution in [2.75, 3.05) is 38.5 Å². The highest BCUT2D eigenvalue weighted by Gasteiger charge is 2.33. The number of nitrogens with one attached hydrogen (secondary N) is 2. The Morgan fingerprint density at radius 1 is 1.14 bits per heavy atom. The van der Waals surface area contributed by atoms with Crippen molar-refractivity contribution >= 4 is 23.5 Å². The van der Waals surface area contributed by atoms with Gasteiger partial charge >= 0.3 is 0 Å². The van der Waals surface area contributed by atoms with Crippen molar-refractivity contribution in [1.29, 1.82) is 0 Å². The van der Waals surface area contributed by atoms with Crippen LogP contribution in [0.25, 0.3) is 0 Å². The molecule has 2 aromatic rings. The highest BCUT2D eigenvalue weighted by atomic mass is 32.2. The second-order valence-electron chi connectivity index (χ2n) is 6.77. The fourth-order valence-corrected chi connectivity index (χ4v) is 4.85. The highest BCUT2D eigenvalue weighted by Crippen LogP contribution is 2.43. The number of aromatic nitrogens is 2. The van der Waals surface area contributed by atoms with E-state index in [2.05, 4.69) is 10.4 Å². The summed E-state index contributed by atoms with van der Waals surface area (Å²) in [7, 11) is 3.16. The molecule has 2 aliphatic heterocycles. The van der Waals surface area contributed by atoms with Gasteiger partial charge in [0.2, 0.25) is 5.91 Å². The largest absolute Gasteiger partial charge is 0.493 e. The second-order valence-corrected chi connectivity index (χ2v) is 7.86. The zero-order valence-electron chi connectivity index (χ0n) is 15.8. The van der Waals surface area contributed by atoms with E-state index in [1.54, 1.807) is 14.2 Å². The van der Waals surface area contributed by atoms with Crippen LogP contribution in [0.1, 0.15) is 35.3 Å². The number of carbonyl (C=O) groups excluding carboxylic acids is 1. The van der Waals surface area contributed by atoms with Crippen molar-refractivity contribution < 1.29 is 19.0 Å². The van der Waals surface area contributed by atoms with Gasteiger partial charge in [0.15, 0.2) is 11.5 Å². The van der Waals surface area contributed by atoms with E-state index in [0.717, 1.165) is 18.4 Å². The molecular weight excluding hydrogens is 382 g/mol. The van der Waals surface area contributed by atoms with Gasteiger partial charge in [-0.25, -0.2) is 0 Å². The molecule has 1 atom stereocenters. The maximum Gasteiger partial charge on any atom is 0.270 e. The van der Waals surface area contributed by atoms with Gasteiger partial charge in [-0.3, -0.25) is 19.4 Å². The van der Waals surface area contributed by atoms with E-state index in [0.29, 0.717) is 36.1 Å². The minimum Gasteiger partial charge on any atom is -0.493 e. The van der Waals surface area contributed by atoms with Gasteiger partial charge in [-0.1, -0.05) is 6.07 Å². The number of H-pyrrole nitrogens is 1. The van der Waals surface area contributed by atoms with Crippen LogP contribution < -0.4 is 20.3 Å². The van der Waals surface area contributed by atoms with Crippen LogP contribution >= 0.6 is 11.8 Å². The number of rotatable bonds is 4. The average Bonchev–Trinajstić information content (AvgIpc) is 2.93. The normalized spacial score (nSPS) is 20.2. The molecule has 2 aliphatic rings. The zero-order valence-corrected chi connectivity index (χ0v) is 16.6. The minimum absolute atomic E-state index is 0.0969. The van der Waals surface area contributed by atoms with Crippen molar-refractivity contribution in [1.82, 2.24) is 9.78 Å². The number of fused-ring (bicyclic) bond motifs is 1. The molecule has 1 aromatic carbocycles. The van der Waals surface area contributed by atoms with E-state index in [-0.39, 0.29) is 28.5 Å². The first kappa shape index (κ1) is 18.9. The summed E-state index contributed by atoms with van der Waals surface area (Å²) in [6, 6.07) is 5.68. The van der Waals surface area contributed by atoms with Gasteiger partial charge in [-0.15, -0.1) is 11.8 Å². The lowest BCUT2D eigenvalue weighted by Crippen LogP contribution is -2.24. The molecule has 28 heavy (non-hydrogen) atoms. The summed E-state index contributed by atoms with van der Waals surface area (Å²) < 4.78 is 18.0. The third-order valence-electron chi connectivity index (χ3n) is 5.13. The number of carbonyl (C=O) groups is 1. The van der Waals surface area contributed by atoms with Gasteiger partial charge in [0, 0.05) is 13.2 Å². The maximum atomic E-state index is 12.9. The third-order valence-corrected chi connectivity index (χ3v) is 6.40. The Kier molecular flexibility index (Phi) is 5.36. The Balaban J connectivity index is 1.80. The molecule has 3 heterocycles. The number of hydrogen-bond donors (Lipinski definition) is 2. The Morgan fingerprint density at radius 3 is 2.61 bits per heavy atom. The summed E-state index contributed by atoms with van der Waals surface area (Å²) in [4.78, 5) is 25.3. The van der Waals surface area contributed by atoms with Gasteiger partial charge in [-0.2, -0.15) is 0 Å². The van der Waals surface area contributed by atoms with Crippen LogP contribution in [0.5, 0.6) is 11.5 Å².